The predicted octanol–water partition coefficient (Wildman–Crippen LogP) is -2.74. The molecular formula is C21H40N8O7S. The molecule has 0 saturated heterocycles. The van der Waals surface area contributed by atoms with E-state index in [1.165, 1.54) is 11.8 Å². The van der Waals surface area contributed by atoms with Crippen LogP contribution in [-0.2, 0) is 24.0 Å². The summed E-state index contributed by atoms with van der Waals surface area (Å²) < 4.78 is 0. The van der Waals surface area contributed by atoms with Crippen LogP contribution in [0.25, 0.3) is 0 Å². The van der Waals surface area contributed by atoms with Crippen molar-refractivity contribution in [3.8, 4) is 0 Å². The number of hydrogen-bond acceptors (Lipinski definition) is 9. The molecule has 16 heteroatoms. The third-order valence-corrected chi connectivity index (χ3v) is 5.77. The largest absolute Gasteiger partial charge is 0.481 e. The topological polar surface area (TPSA) is 278 Å². The summed E-state index contributed by atoms with van der Waals surface area (Å²) in [6.07, 6.45) is 2.99. The molecule has 0 saturated carbocycles. The second-order valence-corrected chi connectivity index (χ2v) is 9.23. The molecule has 0 aliphatic heterocycles. The zero-order valence-electron chi connectivity index (χ0n) is 21.0. The van der Waals surface area contributed by atoms with Crippen molar-refractivity contribution in [3.63, 3.8) is 0 Å². The van der Waals surface area contributed by atoms with Crippen LogP contribution in [0.5, 0.6) is 0 Å². The molecule has 4 unspecified atom stereocenters. The molecule has 0 rings (SSSR count). The monoisotopic (exact) mass is 548 g/mol. The van der Waals surface area contributed by atoms with Gasteiger partial charge < -0.3 is 49.1 Å². The summed E-state index contributed by atoms with van der Waals surface area (Å²) in [5.41, 5.74) is 21.9. The molecule has 0 bridgehead atoms. The van der Waals surface area contributed by atoms with E-state index in [9.17, 15) is 34.2 Å². The standard InChI is InChI=1S/C21H40N8O7S/c1-37-10-7-14(20(35)36)28-19(34)15(11-16(30)31)29-18(33)13(6-4-9-26-21(24)25)27-17(32)12(23)5-2-3-8-22/h12-15H,2-11,22-23H2,1H3,(H,27,32)(H,28,34)(H,29,33)(H,30,31)(H,35,36)(H4,24,25,26). The molecule has 3 amide bonds. The number of unbranched alkanes of at least 4 members (excludes halogenated alkanes) is 1. The van der Waals surface area contributed by atoms with Gasteiger partial charge in [0.1, 0.15) is 18.1 Å². The maximum atomic E-state index is 13.0. The fourth-order valence-electron chi connectivity index (χ4n) is 3.11. The van der Waals surface area contributed by atoms with Crippen molar-refractivity contribution in [2.24, 2.45) is 27.9 Å². The van der Waals surface area contributed by atoms with Crippen LogP contribution in [0.2, 0.25) is 0 Å². The molecule has 0 radical (unpaired) electrons. The average molecular weight is 549 g/mol. The Bertz CT molecular complexity index is 795. The highest BCUT2D eigenvalue weighted by molar-refractivity contribution is 7.98. The molecule has 15 nitrogen and oxygen atoms in total. The molecule has 0 aromatic rings. The number of nitrogens with one attached hydrogen (secondary N) is 3. The zero-order chi connectivity index (χ0) is 28.4. The number of hydrogen-bond donors (Lipinski definition) is 9. The maximum absolute atomic E-state index is 13.0. The molecule has 37 heavy (non-hydrogen) atoms. The second-order valence-electron chi connectivity index (χ2n) is 8.24. The van der Waals surface area contributed by atoms with Crippen LogP contribution in [0.3, 0.4) is 0 Å². The Morgan fingerprint density at radius 1 is 0.838 bits per heavy atom. The number of carboxylic acid groups (broad SMARTS) is 2. The number of carbonyl (C=O) groups excluding carboxylic acids is 3. The Kier molecular flexibility index (Phi) is 17.5. The van der Waals surface area contributed by atoms with Gasteiger partial charge in [-0.3, -0.25) is 24.2 Å². The molecule has 0 spiro atoms. The maximum Gasteiger partial charge on any atom is 0.326 e. The Morgan fingerprint density at radius 2 is 1.43 bits per heavy atom. The van der Waals surface area contributed by atoms with Crippen LogP contribution in [0, 0.1) is 0 Å². The first-order valence-corrected chi connectivity index (χ1v) is 13.2. The number of carbonyl (C=O) groups is 5. The summed E-state index contributed by atoms with van der Waals surface area (Å²) in [5.74, 6) is -4.84. The van der Waals surface area contributed by atoms with Gasteiger partial charge in [0.05, 0.1) is 12.5 Å². The zero-order valence-corrected chi connectivity index (χ0v) is 21.8. The van der Waals surface area contributed by atoms with E-state index in [2.05, 4.69) is 20.9 Å². The van der Waals surface area contributed by atoms with Crippen LogP contribution >= 0.6 is 11.8 Å². The van der Waals surface area contributed by atoms with Crippen LogP contribution in [0.4, 0.5) is 0 Å². The average Bonchev–Trinajstić information content (AvgIpc) is 2.82. The molecule has 0 aliphatic carbocycles. The fourth-order valence-corrected chi connectivity index (χ4v) is 3.58. The smallest absolute Gasteiger partial charge is 0.326 e. The van der Waals surface area contributed by atoms with E-state index in [-0.39, 0.29) is 31.8 Å². The van der Waals surface area contributed by atoms with Gasteiger partial charge in [0.15, 0.2) is 5.96 Å². The minimum atomic E-state index is -1.59. The lowest BCUT2D eigenvalue weighted by Gasteiger charge is -2.24. The molecule has 0 fully saturated rings. The van der Waals surface area contributed by atoms with Crippen molar-refractivity contribution in [2.75, 3.05) is 25.1 Å². The first-order chi connectivity index (χ1) is 17.4. The number of guanidine groups is 1. The Balaban J connectivity index is 5.55. The number of thioether (sulfide) groups is 1. The first-order valence-electron chi connectivity index (χ1n) is 11.8. The summed E-state index contributed by atoms with van der Waals surface area (Å²) in [4.78, 5) is 64.9. The molecule has 0 aromatic carbocycles. The van der Waals surface area contributed by atoms with Crippen molar-refractivity contribution in [3.05, 3.63) is 0 Å². The first kappa shape index (κ1) is 33.9. The molecule has 0 aromatic heterocycles. The minimum absolute atomic E-state index is 0.0523. The number of aliphatic carboxylic acids is 2. The van der Waals surface area contributed by atoms with E-state index in [0.29, 0.717) is 31.6 Å². The van der Waals surface area contributed by atoms with Crippen molar-refractivity contribution in [1.82, 2.24) is 16.0 Å². The van der Waals surface area contributed by atoms with Crippen LogP contribution in [0.15, 0.2) is 4.99 Å². The van der Waals surface area contributed by atoms with Crippen LogP contribution in [-0.4, -0.2) is 95.1 Å². The summed E-state index contributed by atoms with van der Waals surface area (Å²) in [6.45, 7) is 0.594. The quantitative estimate of drug-likeness (QED) is 0.0425. The Labute approximate surface area is 219 Å². The summed E-state index contributed by atoms with van der Waals surface area (Å²) in [6, 6.07) is -4.95. The lowest BCUT2D eigenvalue weighted by Crippen LogP contribution is -2.57. The summed E-state index contributed by atoms with van der Waals surface area (Å²) in [5, 5.41) is 25.7. The summed E-state index contributed by atoms with van der Waals surface area (Å²) in [7, 11) is 0. The van der Waals surface area contributed by atoms with Gasteiger partial charge in [-0.1, -0.05) is 6.42 Å². The number of rotatable bonds is 20. The van der Waals surface area contributed by atoms with Gasteiger partial charge in [-0.15, -0.1) is 0 Å². The van der Waals surface area contributed by atoms with E-state index < -0.39 is 60.2 Å². The number of nitrogens with zero attached hydrogens (tertiary/aromatic N) is 1. The number of aliphatic imine (C=N–C) groups is 1. The predicted molar refractivity (Wildman–Crippen MR) is 139 cm³/mol. The van der Waals surface area contributed by atoms with Gasteiger partial charge in [-0.2, -0.15) is 11.8 Å². The van der Waals surface area contributed by atoms with Gasteiger partial charge in [0.25, 0.3) is 0 Å². The third-order valence-electron chi connectivity index (χ3n) is 5.12. The number of nitrogens with two attached hydrogens (primary N) is 4. The van der Waals surface area contributed by atoms with E-state index in [1.807, 2.05) is 0 Å². The fraction of sp³-hybridized carbons (Fsp3) is 0.714. The SMILES string of the molecule is CSCCC(NC(=O)C(CC(=O)O)NC(=O)C(CCCN=C(N)N)NC(=O)C(N)CCCCN)C(=O)O. The number of amides is 3. The van der Waals surface area contributed by atoms with Crippen molar-refractivity contribution in [1.29, 1.82) is 0 Å². The lowest BCUT2D eigenvalue weighted by atomic mass is 10.1. The van der Waals surface area contributed by atoms with Gasteiger partial charge in [0, 0.05) is 6.54 Å². The molecular weight excluding hydrogens is 508 g/mol. The van der Waals surface area contributed by atoms with Crippen molar-refractivity contribution >= 4 is 47.4 Å². The normalized spacial score (nSPS) is 13.9. The molecule has 212 valence electrons. The molecule has 4 atom stereocenters. The Morgan fingerprint density at radius 3 is 1.97 bits per heavy atom. The van der Waals surface area contributed by atoms with Gasteiger partial charge in [0.2, 0.25) is 17.7 Å². The minimum Gasteiger partial charge on any atom is -0.481 e. The summed E-state index contributed by atoms with van der Waals surface area (Å²) >= 11 is 1.37. The van der Waals surface area contributed by atoms with Crippen LogP contribution in [0.1, 0.15) is 44.9 Å². The third kappa shape index (κ3) is 15.6. The molecule has 0 heterocycles. The van der Waals surface area contributed by atoms with E-state index in [4.69, 9.17) is 22.9 Å². The van der Waals surface area contributed by atoms with Crippen LogP contribution < -0.4 is 38.9 Å². The van der Waals surface area contributed by atoms with E-state index in [1.54, 1.807) is 6.26 Å². The van der Waals surface area contributed by atoms with Gasteiger partial charge >= 0.3 is 11.9 Å². The highest BCUT2D eigenvalue weighted by Crippen LogP contribution is 2.06. The lowest BCUT2D eigenvalue weighted by molar-refractivity contribution is -0.143. The van der Waals surface area contributed by atoms with Crippen molar-refractivity contribution in [2.45, 2.75) is 69.1 Å². The second kappa shape index (κ2) is 19.1. The van der Waals surface area contributed by atoms with E-state index >= 15 is 0 Å². The molecule has 0 aliphatic rings. The van der Waals surface area contributed by atoms with Gasteiger partial charge in [-0.25, -0.2) is 4.79 Å². The Hall–Kier alpha value is -3.11. The van der Waals surface area contributed by atoms with E-state index in [0.717, 1.165) is 0 Å². The molecule has 13 N–H and O–H groups in total. The van der Waals surface area contributed by atoms with Crippen molar-refractivity contribution < 1.29 is 34.2 Å². The number of carboxylic acids is 2. The highest BCUT2D eigenvalue weighted by atomic mass is 32.2. The highest BCUT2D eigenvalue weighted by Gasteiger charge is 2.31. The van der Waals surface area contributed by atoms with Gasteiger partial charge in [-0.05, 0) is 50.7 Å².